The molecule has 1 amide bonds. The number of pyridine rings is 1. The maximum Gasteiger partial charge on any atom is 0.255 e. The van der Waals surface area contributed by atoms with Gasteiger partial charge in [0.15, 0.2) is 5.65 Å². The van der Waals surface area contributed by atoms with Gasteiger partial charge < -0.3 is 5.32 Å². The summed E-state index contributed by atoms with van der Waals surface area (Å²) in [5.74, 6) is -0.154. The Morgan fingerprint density at radius 3 is 2.68 bits per heavy atom. The second-order valence-corrected chi connectivity index (χ2v) is 5.72. The number of carbonyl (C=O) groups is 1. The van der Waals surface area contributed by atoms with Crippen molar-refractivity contribution in [3.8, 4) is 5.69 Å². The molecule has 0 radical (unpaired) electrons. The van der Waals surface area contributed by atoms with Gasteiger partial charge in [-0.3, -0.25) is 4.79 Å². The number of hydrogen-bond donors (Lipinski definition) is 1. The topological polar surface area (TPSA) is 72.7 Å². The van der Waals surface area contributed by atoms with Crippen LogP contribution in [0.5, 0.6) is 0 Å². The van der Waals surface area contributed by atoms with E-state index in [1.54, 1.807) is 23.0 Å². The lowest BCUT2D eigenvalue weighted by Gasteiger charge is -2.07. The number of amides is 1. The van der Waals surface area contributed by atoms with Crippen molar-refractivity contribution in [2.24, 2.45) is 0 Å². The molecule has 0 aliphatic heterocycles. The van der Waals surface area contributed by atoms with Gasteiger partial charge in [-0.05, 0) is 61.0 Å². The number of hydrogen-bond acceptors (Lipinski definition) is 4. The zero-order valence-corrected chi connectivity index (χ0v) is 13.5. The molecular weight excluding hydrogens is 314 g/mol. The fourth-order valence-corrected chi connectivity index (χ4v) is 2.62. The molecule has 122 valence electrons. The van der Waals surface area contributed by atoms with Crippen molar-refractivity contribution in [3.05, 3.63) is 78.0 Å². The van der Waals surface area contributed by atoms with E-state index in [2.05, 4.69) is 20.6 Å². The fourth-order valence-electron chi connectivity index (χ4n) is 2.62. The molecule has 0 aliphatic carbocycles. The third-order valence-electron chi connectivity index (χ3n) is 3.86. The van der Waals surface area contributed by atoms with Gasteiger partial charge in [0.2, 0.25) is 0 Å². The zero-order chi connectivity index (χ0) is 17.2. The van der Waals surface area contributed by atoms with E-state index in [1.807, 2.05) is 55.5 Å². The quantitative estimate of drug-likeness (QED) is 0.625. The van der Waals surface area contributed by atoms with Crippen molar-refractivity contribution < 1.29 is 4.79 Å². The second kappa shape index (κ2) is 6.16. The van der Waals surface area contributed by atoms with Gasteiger partial charge in [-0.15, -0.1) is 5.10 Å². The maximum atomic E-state index is 12.4. The molecule has 0 atom stereocenters. The summed E-state index contributed by atoms with van der Waals surface area (Å²) in [7, 11) is 0. The minimum Gasteiger partial charge on any atom is -0.322 e. The van der Waals surface area contributed by atoms with E-state index in [0.29, 0.717) is 11.2 Å². The first-order chi connectivity index (χ1) is 12.2. The van der Waals surface area contributed by atoms with Crippen LogP contribution in [-0.4, -0.2) is 25.9 Å². The van der Waals surface area contributed by atoms with Crippen LogP contribution in [0.25, 0.3) is 16.9 Å². The summed E-state index contributed by atoms with van der Waals surface area (Å²) in [5.41, 5.74) is 4.65. The first kappa shape index (κ1) is 15.0. The van der Waals surface area contributed by atoms with Gasteiger partial charge in [-0.25, -0.2) is 4.98 Å². The van der Waals surface area contributed by atoms with Crippen molar-refractivity contribution in [1.29, 1.82) is 0 Å². The van der Waals surface area contributed by atoms with Crippen LogP contribution in [0.1, 0.15) is 15.9 Å². The van der Waals surface area contributed by atoms with E-state index in [1.165, 1.54) is 0 Å². The molecule has 2 aromatic heterocycles. The molecular formula is C19H15N5O. The van der Waals surface area contributed by atoms with Crippen LogP contribution in [0, 0.1) is 6.92 Å². The minimum atomic E-state index is -0.154. The Labute approximate surface area is 144 Å². The molecule has 6 heteroatoms. The number of aryl methyl sites for hydroxylation is 1. The number of benzene rings is 2. The zero-order valence-electron chi connectivity index (χ0n) is 13.5. The van der Waals surface area contributed by atoms with Crippen molar-refractivity contribution in [3.63, 3.8) is 0 Å². The monoisotopic (exact) mass is 329 g/mol. The van der Waals surface area contributed by atoms with E-state index < -0.39 is 0 Å². The van der Waals surface area contributed by atoms with Crippen LogP contribution >= 0.6 is 0 Å². The number of nitrogens with one attached hydrogen (secondary N) is 1. The van der Waals surface area contributed by atoms with E-state index in [4.69, 9.17) is 0 Å². The van der Waals surface area contributed by atoms with Crippen LogP contribution in [0.2, 0.25) is 0 Å². The molecule has 0 saturated carbocycles. The normalized spacial score (nSPS) is 10.8. The van der Waals surface area contributed by atoms with Gasteiger partial charge in [0.05, 0.1) is 5.69 Å². The molecule has 2 heterocycles. The lowest BCUT2D eigenvalue weighted by Crippen LogP contribution is -2.12. The Kier molecular flexibility index (Phi) is 3.70. The average molecular weight is 329 g/mol. The van der Waals surface area contributed by atoms with Crippen LogP contribution in [0.3, 0.4) is 0 Å². The van der Waals surface area contributed by atoms with E-state index in [0.717, 1.165) is 22.5 Å². The first-order valence-corrected chi connectivity index (χ1v) is 7.85. The Bertz CT molecular complexity index is 1050. The number of anilines is 1. The summed E-state index contributed by atoms with van der Waals surface area (Å²) in [6.45, 7) is 1.99. The van der Waals surface area contributed by atoms with Gasteiger partial charge in [0, 0.05) is 17.4 Å². The third kappa shape index (κ3) is 2.97. The SMILES string of the molecule is Cc1cccc(NC(=O)c2ccc(-n3nnc4cccnc43)cc2)c1. The highest BCUT2D eigenvalue weighted by Gasteiger charge is 2.10. The molecule has 4 rings (SSSR count). The molecule has 4 aromatic rings. The Balaban J connectivity index is 1.58. The molecule has 6 nitrogen and oxygen atoms in total. The smallest absolute Gasteiger partial charge is 0.255 e. The molecule has 0 unspecified atom stereocenters. The second-order valence-electron chi connectivity index (χ2n) is 5.72. The Morgan fingerprint density at radius 2 is 1.88 bits per heavy atom. The summed E-state index contributed by atoms with van der Waals surface area (Å²) < 4.78 is 1.65. The summed E-state index contributed by atoms with van der Waals surface area (Å²) in [5, 5.41) is 11.1. The number of nitrogens with zero attached hydrogens (tertiary/aromatic N) is 4. The minimum absolute atomic E-state index is 0.154. The summed E-state index contributed by atoms with van der Waals surface area (Å²) in [6.07, 6.45) is 1.70. The van der Waals surface area contributed by atoms with Crippen molar-refractivity contribution in [2.45, 2.75) is 6.92 Å². The van der Waals surface area contributed by atoms with E-state index >= 15 is 0 Å². The number of carbonyl (C=O) groups excluding carboxylic acids is 1. The predicted octanol–water partition coefficient (Wildman–Crippen LogP) is 3.38. The van der Waals surface area contributed by atoms with Gasteiger partial charge in [-0.1, -0.05) is 17.3 Å². The molecule has 2 aromatic carbocycles. The molecule has 0 bridgehead atoms. The fraction of sp³-hybridized carbons (Fsp3) is 0.0526. The average Bonchev–Trinajstić information content (AvgIpc) is 3.06. The highest BCUT2D eigenvalue weighted by Crippen LogP contribution is 2.16. The predicted molar refractivity (Wildman–Crippen MR) is 95.8 cm³/mol. The highest BCUT2D eigenvalue weighted by molar-refractivity contribution is 6.04. The lowest BCUT2D eigenvalue weighted by atomic mass is 10.1. The molecule has 0 aliphatic rings. The van der Waals surface area contributed by atoms with Gasteiger partial charge in [0.1, 0.15) is 5.52 Å². The van der Waals surface area contributed by atoms with E-state index in [-0.39, 0.29) is 5.91 Å². The largest absolute Gasteiger partial charge is 0.322 e. The first-order valence-electron chi connectivity index (χ1n) is 7.85. The van der Waals surface area contributed by atoms with E-state index in [9.17, 15) is 4.79 Å². The van der Waals surface area contributed by atoms with Crippen LogP contribution in [-0.2, 0) is 0 Å². The van der Waals surface area contributed by atoms with Crippen LogP contribution in [0.15, 0.2) is 66.9 Å². The van der Waals surface area contributed by atoms with Crippen LogP contribution < -0.4 is 5.32 Å². The number of fused-ring (bicyclic) bond motifs is 1. The molecule has 0 saturated heterocycles. The van der Waals surface area contributed by atoms with Crippen molar-refractivity contribution >= 4 is 22.8 Å². The molecule has 1 N–H and O–H groups in total. The van der Waals surface area contributed by atoms with Crippen molar-refractivity contribution in [1.82, 2.24) is 20.0 Å². The van der Waals surface area contributed by atoms with Gasteiger partial charge >= 0.3 is 0 Å². The lowest BCUT2D eigenvalue weighted by molar-refractivity contribution is 0.102. The van der Waals surface area contributed by atoms with Gasteiger partial charge in [0.25, 0.3) is 5.91 Å². The standard InChI is InChI=1S/C19H15N5O/c1-13-4-2-5-15(12-13)21-19(25)14-7-9-16(10-8-14)24-18-17(22-23-24)6-3-11-20-18/h2-12H,1H3,(H,21,25). The molecule has 0 spiro atoms. The number of rotatable bonds is 3. The summed E-state index contributed by atoms with van der Waals surface area (Å²) in [4.78, 5) is 16.7. The van der Waals surface area contributed by atoms with Gasteiger partial charge in [-0.2, -0.15) is 4.68 Å². The third-order valence-corrected chi connectivity index (χ3v) is 3.86. The maximum absolute atomic E-state index is 12.4. The van der Waals surface area contributed by atoms with Crippen molar-refractivity contribution in [2.75, 3.05) is 5.32 Å². The van der Waals surface area contributed by atoms with Crippen LogP contribution in [0.4, 0.5) is 5.69 Å². The summed E-state index contributed by atoms with van der Waals surface area (Å²) in [6, 6.07) is 18.6. The Hall–Kier alpha value is -3.54. The Morgan fingerprint density at radius 1 is 1.04 bits per heavy atom. The number of aromatic nitrogens is 4. The highest BCUT2D eigenvalue weighted by atomic mass is 16.1. The molecule has 0 fully saturated rings. The summed E-state index contributed by atoms with van der Waals surface area (Å²) >= 11 is 0. The molecule has 25 heavy (non-hydrogen) atoms.